The third-order valence-electron chi connectivity index (χ3n) is 7.69. The van der Waals surface area contributed by atoms with Crippen LogP contribution in [0, 0.1) is 17.7 Å². The first-order valence-electron chi connectivity index (χ1n) is 13.3. The van der Waals surface area contributed by atoms with E-state index < -0.39 is 15.8 Å². The summed E-state index contributed by atoms with van der Waals surface area (Å²) < 4.78 is 42.1. The number of carbonyl (C=O) groups excluding carboxylic acids is 2. The largest absolute Gasteiger partial charge is 0.353 e. The number of aromatic nitrogens is 3. The molecule has 2 amide bonds. The predicted molar refractivity (Wildman–Crippen MR) is 141 cm³/mol. The van der Waals surface area contributed by atoms with Crippen LogP contribution in [0.4, 0.5) is 16.2 Å². The molecular formula is C26H30FN7O4S. The molecule has 11 nitrogen and oxygen atoms in total. The third-order valence-corrected chi connectivity index (χ3v) is 9.61. The van der Waals surface area contributed by atoms with Gasteiger partial charge in [0.05, 0.1) is 4.90 Å². The number of pyridine rings is 1. The van der Waals surface area contributed by atoms with Crippen molar-refractivity contribution >= 4 is 39.3 Å². The summed E-state index contributed by atoms with van der Waals surface area (Å²) >= 11 is 0. The van der Waals surface area contributed by atoms with Crippen molar-refractivity contribution in [2.45, 2.75) is 30.6 Å². The van der Waals surface area contributed by atoms with E-state index in [9.17, 15) is 22.4 Å². The van der Waals surface area contributed by atoms with E-state index in [1.807, 2.05) is 23.1 Å². The van der Waals surface area contributed by atoms with Crippen molar-refractivity contribution in [3.63, 3.8) is 0 Å². The minimum Gasteiger partial charge on any atom is -0.353 e. The minimum absolute atomic E-state index is 0.0431. The lowest BCUT2D eigenvalue weighted by atomic mass is 9.96. The number of carbonyl (C=O) groups is 2. The van der Waals surface area contributed by atoms with E-state index in [2.05, 4.69) is 20.3 Å². The Bertz CT molecular complexity index is 1490. The van der Waals surface area contributed by atoms with E-state index >= 15 is 0 Å². The van der Waals surface area contributed by atoms with Crippen LogP contribution in [0.2, 0.25) is 0 Å². The number of hydrogen-bond donors (Lipinski definition) is 1. The molecule has 39 heavy (non-hydrogen) atoms. The lowest BCUT2D eigenvalue weighted by molar-refractivity contribution is -0.137. The van der Waals surface area contributed by atoms with Crippen LogP contribution in [0.1, 0.15) is 25.7 Å². The maximum Gasteiger partial charge on any atom is 0.249 e. The molecule has 6 rings (SSSR count). The number of rotatable bonds is 6. The average Bonchev–Trinajstić information content (AvgIpc) is 3.73. The molecule has 3 aromatic rings. The van der Waals surface area contributed by atoms with E-state index in [1.165, 1.54) is 16.4 Å². The van der Waals surface area contributed by atoms with Crippen LogP contribution < -0.4 is 10.2 Å². The standard InChI is InChI=1S/C26H30FN7O4S/c27-20-6-8-21(9-7-20)39(37,38)33-12-10-19(11-13-33)25(36)32-16-14-31(15-17-32)23-3-1-2-22-28-26(30-34(22)23)29-24(35)18-4-5-18/h1-3,6-9,18-19H,4-5,10-17H2,(H,29,30,35). The summed E-state index contributed by atoms with van der Waals surface area (Å²) in [5.41, 5.74) is 0.638. The van der Waals surface area contributed by atoms with Crippen molar-refractivity contribution in [2.24, 2.45) is 11.8 Å². The van der Waals surface area contributed by atoms with E-state index in [0.29, 0.717) is 50.6 Å². The zero-order valence-corrected chi connectivity index (χ0v) is 22.2. The molecule has 0 atom stereocenters. The first-order chi connectivity index (χ1) is 18.8. The average molecular weight is 556 g/mol. The number of nitrogens with zero attached hydrogens (tertiary/aromatic N) is 6. The molecule has 206 valence electrons. The number of fused-ring (bicyclic) bond motifs is 1. The minimum atomic E-state index is -3.72. The molecule has 3 aliphatic rings. The number of piperazine rings is 1. The Kier molecular flexibility index (Phi) is 6.71. The maximum absolute atomic E-state index is 13.3. The number of benzene rings is 1. The van der Waals surface area contributed by atoms with Gasteiger partial charge in [-0.15, -0.1) is 5.10 Å². The lowest BCUT2D eigenvalue weighted by Crippen LogP contribution is -2.52. The molecule has 1 saturated carbocycles. The molecule has 0 bridgehead atoms. The van der Waals surface area contributed by atoms with E-state index in [4.69, 9.17) is 0 Å². The van der Waals surface area contributed by atoms with Crippen LogP contribution in [0.5, 0.6) is 0 Å². The second kappa shape index (κ2) is 10.2. The van der Waals surface area contributed by atoms with Gasteiger partial charge in [0, 0.05) is 51.1 Å². The van der Waals surface area contributed by atoms with Crippen molar-refractivity contribution in [2.75, 3.05) is 49.5 Å². The van der Waals surface area contributed by atoms with Gasteiger partial charge >= 0.3 is 0 Å². The zero-order chi connectivity index (χ0) is 27.1. The summed E-state index contributed by atoms with van der Waals surface area (Å²) in [4.78, 5) is 33.9. The van der Waals surface area contributed by atoms with Crippen molar-refractivity contribution in [3.05, 3.63) is 48.3 Å². The number of amides is 2. The highest BCUT2D eigenvalue weighted by molar-refractivity contribution is 7.89. The third kappa shape index (κ3) is 5.20. The fourth-order valence-corrected chi connectivity index (χ4v) is 6.72. The first kappa shape index (κ1) is 25.7. The molecule has 13 heteroatoms. The van der Waals surface area contributed by atoms with Gasteiger partial charge in [0.25, 0.3) is 0 Å². The number of halogens is 1. The quantitative estimate of drug-likeness (QED) is 0.494. The fraction of sp³-hybridized carbons (Fsp3) is 0.462. The van der Waals surface area contributed by atoms with Crippen LogP contribution in [0.25, 0.3) is 5.65 Å². The molecule has 4 heterocycles. The Labute approximate surface area is 225 Å². The van der Waals surface area contributed by atoms with Gasteiger partial charge in [-0.3, -0.25) is 14.9 Å². The normalized spacial score (nSPS) is 19.4. The van der Waals surface area contributed by atoms with Gasteiger partial charge in [-0.05, 0) is 62.1 Å². The molecule has 1 aliphatic carbocycles. The van der Waals surface area contributed by atoms with Crippen molar-refractivity contribution in [1.29, 1.82) is 0 Å². The summed E-state index contributed by atoms with van der Waals surface area (Å²) in [6.07, 6.45) is 2.71. The van der Waals surface area contributed by atoms with Gasteiger partial charge in [0.15, 0.2) is 5.65 Å². The molecule has 0 spiro atoms. The number of sulfonamides is 1. The summed E-state index contributed by atoms with van der Waals surface area (Å²) in [6.45, 7) is 2.83. The number of hydrogen-bond acceptors (Lipinski definition) is 7. The highest BCUT2D eigenvalue weighted by atomic mass is 32.2. The summed E-state index contributed by atoms with van der Waals surface area (Å²) in [6, 6.07) is 10.5. The van der Waals surface area contributed by atoms with Gasteiger partial charge < -0.3 is 9.80 Å². The Morgan fingerprint density at radius 3 is 2.23 bits per heavy atom. The Balaban J connectivity index is 1.05. The predicted octanol–water partition coefficient (Wildman–Crippen LogP) is 1.97. The van der Waals surface area contributed by atoms with Crippen LogP contribution in [0.15, 0.2) is 47.4 Å². The smallest absolute Gasteiger partial charge is 0.249 e. The SMILES string of the molecule is O=C(Nc1nc2cccc(N3CCN(C(=O)C4CCN(S(=O)(=O)c5ccc(F)cc5)CC4)CC3)n2n1)C1CC1. The highest BCUT2D eigenvalue weighted by Crippen LogP contribution is 2.30. The van der Waals surface area contributed by atoms with Gasteiger partial charge in [0.1, 0.15) is 11.6 Å². The molecule has 2 aliphatic heterocycles. The monoisotopic (exact) mass is 555 g/mol. The summed E-state index contributed by atoms with van der Waals surface area (Å²) in [5.74, 6) is 0.495. The van der Waals surface area contributed by atoms with E-state index in [1.54, 1.807) is 4.52 Å². The molecule has 2 aromatic heterocycles. The summed E-state index contributed by atoms with van der Waals surface area (Å²) in [5, 5.41) is 7.29. The second-order valence-electron chi connectivity index (χ2n) is 10.3. The Hall–Kier alpha value is -3.58. The summed E-state index contributed by atoms with van der Waals surface area (Å²) in [7, 11) is -3.72. The molecule has 2 saturated heterocycles. The topological polar surface area (TPSA) is 120 Å². The maximum atomic E-state index is 13.3. The number of anilines is 2. The lowest BCUT2D eigenvalue weighted by Gasteiger charge is -2.39. The van der Waals surface area contributed by atoms with Crippen molar-refractivity contribution in [1.82, 2.24) is 23.8 Å². The number of nitrogens with one attached hydrogen (secondary N) is 1. The fourth-order valence-electron chi connectivity index (χ4n) is 5.25. The highest BCUT2D eigenvalue weighted by Gasteiger charge is 2.35. The second-order valence-corrected chi connectivity index (χ2v) is 12.2. The van der Waals surface area contributed by atoms with Gasteiger partial charge in [-0.1, -0.05) is 6.07 Å². The van der Waals surface area contributed by atoms with Crippen LogP contribution >= 0.6 is 0 Å². The Morgan fingerprint density at radius 1 is 0.872 bits per heavy atom. The molecule has 0 unspecified atom stereocenters. The molecule has 0 radical (unpaired) electrons. The van der Waals surface area contributed by atoms with E-state index in [-0.39, 0.29) is 41.6 Å². The van der Waals surface area contributed by atoms with Crippen LogP contribution in [-0.2, 0) is 19.6 Å². The van der Waals surface area contributed by atoms with Crippen molar-refractivity contribution < 1.29 is 22.4 Å². The van der Waals surface area contributed by atoms with Crippen molar-refractivity contribution in [3.8, 4) is 0 Å². The number of piperidine rings is 1. The molecule has 3 fully saturated rings. The van der Waals surface area contributed by atoms with Gasteiger partial charge in [-0.2, -0.15) is 13.8 Å². The Morgan fingerprint density at radius 2 is 1.56 bits per heavy atom. The first-order valence-corrected chi connectivity index (χ1v) is 14.7. The van der Waals surface area contributed by atoms with Crippen LogP contribution in [0.3, 0.4) is 0 Å². The van der Waals surface area contributed by atoms with Crippen LogP contribution in [-0.4, -0.2) is 83.3 Å². The van der Waals surface area contributed by atoms with Gasteiger partial charge in [-0.25, -0.2) is 12.8 Å². The zero-order valence-electron chi connectivity index (χ0n) is 21.4. The molecule has 1 aromatic carbocycles. The molecular weight excluding hydrogens is 525 g/mol. The van der Waals surface area contributed by atoms with E-state index in [0.717, 1.165) is 30.8 Å². The van der Waals surface area contributed by atoms with Gasteiger partial charge in [0.2, 0.25) is 27.8 Å². The molecule has 1 N–H and O–H groups in total.